The molecule has 0 amide bonds. The minimum absolute atomic E-state index is 0.0721. The SMILES string of the molecule is C[CH2][W][C]1=C(CC)C=CC1. The molecule has 0 radical (unpaired) electrons. The van der Waals surface area contributed by atoms with Gasteiger partial charge in [0.2, 0.25) is 0 Å². The second kappa shape index (κ2) is 4.13. The van der Waals surface area contributed by atoms with Crippen LogP contribution in [-0.2, 0) is 18.6 Å². The van der Waals surface area contributed by atoms with E-state index in [1.807, 2.05) is 3.96 Å². The van der Waals surface area contributed by atoms with Crippen molar-refractivity contribution in [2.75, 3.05) is 0 Å². The van der Waals surface area contributed by atoms with Crippen LogP contribution in [0.1, 0.15) is 26.7 Å². The predicted octanol–water partition coefficient (Wildman–Crippen LogP) is 3.13. The van der Waals surface area contributed by atoms with E-state index in [0.29, 0.717) is 0 Å². The standard InChI is InChI=1S/C7H9.C2H5.W/c1-2-7-5-3-4-6-7;1-2;/h3,5H,2,4H2,1H3;1H2,2H3;. The van der Waals surface area contributed by atoms with Crippen LogP contribution in [-0.4, -0.2) is 0 Å². The Kier molecular flexibility index (Phi) is 3.42. The zero-order chi connectivity index (χ0) is 7.40. The van der Waals surface area contributed by atoms with Crippen molar-refractivity contribution in [1.82, 2.24) is 0 Å². The Bertz CT molecular complexity index is 166. The molecule has 0 fully saturated rings. The van der Waals surface area contributed by atoms with E-state index < -0.39 is 0 Å². The van der Waals surface area contributed by atoms with Gasteiger partial charge in [-0.15, -0.1) is 0 Å². The van der Waals surface area contributed by atoms with E-state index in [1.165, 1.54) is 17.7 Å². The topological polar surface area (TPSA) is 0 Å². The Hall–Kier alpha value is 0.168. The van der Waals surface area contributed by atoms with Crippen LogP contribution in [0.4, 0.5) is 0 Å². The predicted molar refractivity (Wildman–Crippen MR) is 41.6 cm³/mol. The van der Waals surface area contributed by atoms with Gasteiger partial charge in [-0.25, -0.2) is 0 Å². The van der Waals surface area contributed by atoms with Crippen molar-refractivity contribution < 1.29 is 18.6 Å². The van der Waals surface area contributed by atoms with Gasteiger partial charge >= 0.3 is 71.7 Å². The summed E-state index contributed by atoms with van der Waals surface area (Å²) >= 11 is -0.0721. The first kappa shape index (κ1) is 8.27. The van der Waals surface area contributed by atoms with Crippen LogP contribution in [0.2, 0.25) is 4.81 Å². The van der Waals surface area contributed by atoms with Crippen molar-refractivity contribution >= 4 is 0 Å². The van der Waals surface area contributed by atoms with Crippen LogP contribution in [0.3, 0.4) is 0 Å². The van der Waals surface area contributed by atoms with Gasteiger partial charge < -0.3 is 0 Å². The summed E-state index contributed by atoms with van der Waals surface area (Å²) in [5, 5.41) is 0. The number of allylic oxidation sites excluding steroid dienone is 4. The summed E-state index contributed by atoms with van der Waals surface area (Å²) in [7, 11) is 0. The molecule has 0 aromatic rings. The second-order valence-electron chi connectivity index (χ2n) is 2.34. The Morgan fingerprint density at radius 2 is 2.30 bits per heavy atom. The molecule has 1 aliphatic rings. The van der Waals surface area contributed by atoms with Gasteiger partial charge in [-0.1, -0.05) is 0 Å². The van der Waals surface area contributed by atoms with Crippen LogP contribution >= 0.6 is 0 Å². The Balaban J connectivity index is 2.56. The van der Waals surface area contributed by atoms with E-state index in [4.69, 9.17) is 0 Å². The van der Waals surface area contributed by atoms with E-state index in [-0.39, 0.29) is 18.6 Å². The molecule has 0 aromatic carbocycles. The summed E-state index contributed by atoms with van der Waals surface area (Å²) in [6.07, 6.45) is 7.20. The third kappa shape index (κ3) is 1.82. The van der Waals surface area contributed by atoms with Crippen LogP contribution < -0.4 is 0 Å². The average Bonchev–Trinajstić information content (AvgIpc) is 2.36. The molecule has 0 unspecified atom stereocenters. The molecular formula is C9H14W. The third-order valence-electron chi connectivity index (χ3n) is 1.68. The molecule has 0 aromatic heterocycles. The van der Waals surface area contributed by atoms with Crippen molar-refractivity contribution in [3.63, 3.8) is 0 Å². The van der Waals surface area contributed by atoms with E-state index in [2.05, 4.69) is 26.0 Å². The fraction of sp³-hybridized carbons (Fsp3) is 0.556. The first-order valence-electron chi connectivity index (χ1n) is 3.89. The van der Waals surface area contributed by atoms with Gasteiger partial charge in [0, 0.05) is 0 Å². The first-order valence-corrected chi connectivity index (χ1v) is 7.44. The van der Waals surface area contributed by atoms with Crippen LogP contribution in [0.15, 0.2) is 21.7 Å². The fourth-order valence-corrected chi connectivity index (χ4v) is 4.62. The van der Waals surface area contributed by atoms with Crippen LogP contribution in [0.5, 0.6) is 0 Å². The Labute approximate surface area is 71.9 Å². The number of hydrogen-bond acceptors (Lipinski definition) is 0. The van der Waals surface area contributed by atoms with Gasteiger partial charge in [0.1, 0.15) is 0 Å². The minimum atomic E-state index is -0.0721. The monoisotopic (exact) mass is 306 g/mol. The second-order valence-corrected chi connectivity index (χ2v) is 7.22. The van der Waals surface area contributed by atoms with Gasteiger partial charge in [-0.3, -0.25) is 0 Å². The molecular weight excluding hydrogens is 292 g/mol. The fourth-order valence-electron chi connectivity index (χ4n) is 1.17. The zero-order valence-electron chi connectivity index (χ0n) is 6.68. The van der Waals surface area contributed by atoms with E-state index in [0.717, 1.165) is 0 Å². The molecule has 56 valence electrons. The molecule has 0 saturated carbocycles. The first-order chi connectivity index (χ1) is 4.88. The average molecular weight is 306 g/mol. The van der Waals surface area contributed by atoms with Gasteiger partial charge in [0.15, 0.2) is 0 Å². The van der Waals surface area contributed by atoms with Gasteiger partial charge in [0.05, 0.1) is 0 Å². The summed E-state index contributed by atoms with van der Waals surface area (Å²) in [6, 6.07) is 0. The van der Waals surface area contributed by atoms with Crippen molar-refractivity contribution in [1.29, 1.82) is 0 Å². The number of rotatable bonds is 3. The summed E-state index contributed by atoms with van der Waals surface area (Å²) in [5.74, 6) is 0. The molecule has 0 N–H and O–H groups in total. The van der Waals surface area contributed by atoms with Gasteiger partial charge in [0.25, 0.3) is 0 Å². The molecule has 0 heterocycles. The van der Waals surface area contributed by atoms with Crippen molar-refractivity contribution in [2.45, 2.75) is 31.5 Å². The summed E-state index contributed by atoms with van der Waals surface area (Å²) < 4.78 is 1.84. The van der Waals surface area contributed by atoms with E-state index in [1.54, 1.807) is 5.57 Å². The molecule has 10 heavy (non-hydrogen) atoms. The van der Waals surface area contributed by atoms with Gasteiger partial charge in [-0.05, 0) is 0 Å². The van der Waals surface area contributed by atoms with Crippen LogP contribution in [0, 0.1) is 0 Å². The summed E-state index contributed by atoms with van der Waals surface area (Å²) in [6.45, 7) is 4.59. The van der Waals surface area contributed by atoms with E-state index in [9.17, 15) is 0 Å². The molecule has 0 atom stereocenters. The summed E-state index contributed by atoms with van der Waals surface area (Å²) in [4.78, 5) is 1.46. The molecule has 1 rings (SSSR count). The molecule has 1 heteroatoms. The normalized spacial score (nSPS) is 17.0. The Morgan fingerprint density at radius 1 is 1.50 bits per heavy atom. The third-order valence-corrected chi connectivity index (χ3v) is 5.51. The molecule has 0 bridgehead atoms. The summed E-state index contributed by atoms with van der Waals surface area (Å²) in [5.41, 5.74) is 1.66. The zero-order valence-corrected chi connectivity index (χ0v) is 9.62. The van der Waals surface area contributed by atoms with Crippen LogP contribution in [0.25, 0.3) is 0 Å². The Morgan fingerprint density at radius 3 is 2.90 bits per heavy atom. The maximum absolute atomic E-state index is 2.32. The van der Waals surface area contributed by atoms with E-state index >= 15 is 0 Å². The molecule has 0 saturated heterocycles. The molecule has 0 nitrogen and oxygen atoms in total. The quantitative estimate of drug-likeness (QED) is 0.751. The molecule has 0 spiro atoms. The maximum atomic E-state index is 2.32. The molecule has 0 aliphatic heterocycles. The van der Waals surface area contributed by atoms with Crippen molar-refractivity contribution in [3.05, 3.63) is 21.7 Å². The van der Waals surface area contributed by atoms with Crippen molar-refractivity contribution in [2.24, 2.45) is 0 Å². The van der Waals surface area contributed by atoms with Crippen molar-refractivity contribution in [3.8, 4) is 0 Å². The number of hydrogen-bond donors (Lipinski definition) is 0. The molecule has 1 aliphatic carbocycles. The van der Waals surface area contributed by atoms with Gasteiger partial charge in [-0.2, -0.15) is 0 Å².